The third-order valence-electron chi connectivity index (χ3n) is 4.80. The number of rotatable bonds is 3. The van der Waals surface area contributed by atoms with Gasteiger partial charge in [0.1, 0.15) is 0 Å². The van der Waals surface area contributed by atoms with Gasteiger partial charge in [-0.05, 0) is 38.0 Å². The summed E-state index contributed by atoms with van der Waals surface area (Å²) in [5, 5.41) is 0.355. The molecule has 2 aliphatic carbocycles. The molecular weight excluding hydrogens is 243 g/mol. The van der Waals surface area contributed by atoms with Gasteiger partial charge in [0.25, 0.3) is 0 Å². The summed E-state index contributed by atoms with van der Waals surface area (Å²) >= 11 is 13.0. The molecule has 3 fully saturated rings. The quantitative estimate of drug-likeness (QED) is 0.696. The van der Waals surface area contributed by atoms with Crippen molar-refractivity contribution >= 4 is 23.2 Å². The molecule has 0 spiro atoms. The molecule has 0 radical (unpaired) electrons. The Morgan fingerprint density at radius 3 is 2.31 bits per heavy atom. The first-order valence-corrected chi connectivity index (χ1v) is 7.44. The van der Waals surface area contributed by atoms with E-state index in [4.69, 9.17) is 27.9 Å². The molecule has 3 rings (SSSR count). The van der Waals surface area contributed by atoms with Crippen molar-refractivity contribution in [3.8, 4) is 0 Å². The molecule has 1 saturated heterocycles. The zero-order chi connectivity index (χ0) is 11.2. The number of halogens is 2. The molecule has 0 N–H and O–H groups in total. The monoisotopic (exact) mass is 262 g/mol. The van der Waals surface area contributed by atoms with Gasteiger partial charge in [0.05, 0.1) is 17.1 Å². The average Bonchev–Trinajstić information content (AvgIpc) is 2.94. The summed E-state index contributed by atoms with van der Waals surface area (Å²) in [7, 11) is 0. The normalized spacial score (nSPS) is 46.1. The molecule has 0 aromatic heterocycles. The Bertz CT molecular complexity index is 271. The molecule has 0 amide bonds. The van der Waals surface area contributed by atoms with Crippen molar-refractivity contribution in [2.75, 3.05) is 6.61 Å². The van der Waals surface area contributed by atoms with Gasteiger partial charge in [-0.25, -0.2) is 0 Å². The first-order valence-electron chi connectivity index (χ1n) is 6.62. The van der Waals surface area contributed by atoms with Crippen LogP contribution in [-0.2, 0) is 4.74 Å². The van der Waals surface area contributed by atoms with Crippen LogP contribution in [0.15, 0.2) is 0 Å². The number of hydrogen-bond donors (Lipinski definition) is 0. The smallest absolute Gasteiger partial charge is 0.0898 e. The molecule has 1 heterocycles. The van der Waals surface area contributed by atoms with Crippen LogP contribution in [0.2, 0.25) is 0 Å². The third-order valence-corrected chi connectivity index (χ3v) is 6.09. The number of ether oxygens (including phenoxy) is 1. The van der Waals surface area contributed by atoms with Gasteiger partial charge in [0.2, 0.25) is 0 Å². The molecule has 3 heteroatoms. The third kappa shape index (κ3) is 1.79. The highest BCUT2D eigenvalue weighted by molar-refractivity contribution is 6.26. The van der Waals surface area contributed by atoms with Crippen LogP contribution in [0.1, 0.15) is 51.4 Å². The van der Waals surface area contributed by atoms with Gasteiger partial charge in [-0.15, -0.1) is 23.2 Å². The van der Waals surface area contributed by atoms with Crippen LogP contribution in [0.5, 0.6) is 0 Å². The second-order valence-corrected chi connectivity index (χ2v) is 7.11. The summed E-state index contributed by atoms with van der Waals surface area (Å²) in [4.78, 5) is -0.0285. The first-order chi connectivity index (χ1) is 7.65. The molecule has 3 aliphatic rings. The van der Waals surface area contributed by atoms with E-state index in [1.54, 1.807) is 0 Å². The molecule has 1 nitrogen and oxygen atoms in total. The van der Waals surface area contributed by atoms with Gasteiger partial charge in [-0.2, -0.15) is 0 Å². The molecule has 3 atom stereocenters. The fraction of sp³-hybridized carbons (Fsp3) is 1.00. The van der Waals surface area contributed by atoms with E-state index in [9.17, 15) is 0 Å². The summed E-state index contributed by atoms with van der Waals surface area (Å²) < 4.78 is 5.91. The second kappa shape index (κ2) is 4.03. The van der Waals surface area contributed by atoms with Crippen molar-refractivity contribution in [1.29, 1.82) is 0 Å². The van der Waals surface area contributed by atoms with E-state index in [-0.39, 0.29) is 10.5 Å². The Morgan fingerprint density at radius 2 is 1.81 bits per heavy atom. The van der Waals surface area contributed by atoms with Gasteiger partial charge >= 0.3 is 0 Å². The predicted octanol–water partition coefficient (Wildman–Crippen LogP) is 4.10. The van der Waals surface area contributed by atoms with Crippen LogP contribution in [0, 0.1) is 5.92 Å². The summed E-state index contributed by atoms with van der Waals surface area (Å²) in [6.45, 7) is 0.897. The number of hydrogen-bond acceptors (Lipinski definition) is 1. The SMILES string of the molecule is ClC1CCCCC1CC1(C2(Cl)CC2)CCO1. The van der Waals surface area contributed by atoms with E-state index in [0.29, 0.717) is 11.3 Å². The van der Waals surface area contributed by atoms with Crippen molar-refractivity contribution < 1.29 is 4.74 Å². The van der Waals surface area contributed by atoms with E-state index in [2.05, 4.69) is 0 Å². The minimum absolute atomic E-state index is 0.0102. The van der Waals surface area contributed by atoms with Gasteiger partial charge < -0.3 is 4.74 Å². The summed E-state index contributed by atoms with van der Waals surface area (Å²) in [6.07, 6.45) is 9.59. The number of alkyl halides is 2. The fourth-order valence-corrected chi connectivity index (χ4v) is 4.12. The van der Waals surface area contributed by atoms with Crippen LogP contribution in [0.4, 0.5) is 0 Å². The minimum atomic E-state index is -0.0285. The maximum atomic E-state index is 6.60. The van der Waals surface area contributed by atoms with Crippen molar-refractivity contribution in [3.05, 3.63) is 0 Å². The molecular formula is C13H20Cl2O. The van der Waals surface area contributed by atoms with Crippen LogP contribution in [-0.4, -0.2) is 22.5 Å². The maximum Gasteiger partial charge on any atom is 0.0898 e. The molecule has 1 aliphatic heterocycles. The second-order valence-electron chi connectivity index (χ2n) is 5.82. The highest BCUT2D eigenvalue weighted by Gasteiger charge is 2.63. The summed E-state index contributed by atoms with van der Waals surface area (Å²) in [5.41, 5.74) is -0.0102. The Hall–Kier alpha value is 0.540. The zero-order valence-electron chi connectivity index (χ0n) is 9.68. The van der Waals surface area contributed by atoms with Crippen LogP contribution in [0.3, 0.4) is 0 Å². The van der Waals surface area contributed by atoms with Crippen molar-refractivity contribution in [1.82, 2.24) is 0 Å². The van der Waals surface area contributed by atoms with Gasteiger partial charge in [-0.3, -0.25) is 0 Å². The standard InChI is InChI=1S/C13H20Cl2O/c14-11-4-2-1-3-10(11)9-13(7-8-16-13)12(15)5-6-12/h10-11H,1-9H2. The Balaban J connectivity index is 1.67. The van der Waals surface area contributed by atoms with Crippen LogP contribution < -0.4 is 0 Å². The van der Waals surface area contributed by atoms with E-state index < -0.39 is 0 Å². The van der Waals surface area contributed by atoms with E-state index in [1.807, 2.05) is 0 Å². The van der Waals surface area contributed by atoms with E-state index in [1.165, 1.54) is 25.7 Å². The lowest BCUT2D eigenvalue weighted by Gasteiger charge is -2.49. The van der Waals surface area contributed by atoms with Gasteiger partial charge in [0, 0.05) is 11.8 Å². The van der Waals surface area contributed by atoms with Crippen molar-refractivity contribution in [2.24, 2.45) is 5.92 Å². The van der Waals surface area contributed by atoms with Crippen molar-refractivity contribution in [3.63, 3.8) is 0 Å². The van der Waals surface area contributed by atoms with Gasteiger partial charge in [-0.1, -0.05) is 12.8 Å². The fourth-order valence-electron chi connectivity index (χ4n) is 3.43. The molecule has 3 unspecified atom stereocenters. The molecule has 0 bridgehead atoms. The average molecular weight is 263 g/mol. The lowest BCUT2D eigenvalue weighted by Crippen LogP contribution is -2.54. The zero-order valence-corrected chi connectivity index (χ0v) is 11.2. The highest BCUT2D eigenvalue weighted by Crippen LogP contribution is 2.60. The van der Waals surface area contributed by atoms with E-state index >= 15 is 0 Å². The molecule has 0 aromatic carbocycles. The van der Waals surface area contributed by atoms with E-state index in [0.717, 1.165) is 32.3 Å². The molecule has 92 valence electrons. The Labute approximate surface area is 108 Å². The van der Waals surface area contributed by atoms with Crippen molar-refractivity contribution in [2.45, 2.75) is 67.2 Å². The van der Waals surface area contributed by atoms with Gasteiger partial charge in [0.15, 0.2) is 0 Å². The first kappa shape index (κ1) is 11.6. The Kier molecular flexibility index (Phi) is 2.93. The molecule has 16 heavy (non-hydrogen) atoms. The van der Waals surface area contributed by atoms with Crippen LogP contribution in [0.25, 0.3) is 0 Å². The highest BCUT2D eigenvalue weighted by atomic mass is 35.5. The summed E-state index contributed by atoms with van der Waals surface area (Å²) in [6, 6.07) is 0. The molecule has 0 aromatic rings. The topological polar surface area (TPSA) is 9.23 Å². The lowest BCUT2D eigenvalue weighted by atomic mass is 9.75. The molecule has 2 saturated carbocycles. The predicted molar refractivity (Wildman–Crippen MR) is 67.3 cm³/mol. The Morgan fingerprint density at radius 1 is 1.12 bits per heavy atom. The van der Waals surface area contributed by atoms with Crippen LogP contribution >= 0.6 is 23.2 Å². The minimum Gasteiger partial charge on any atom is -0.373 e. The summed E-state index contributed by atoms with van der Waals surface area (Å²) in [5.74, 6) is 0.631. The maximum absolute atomic E-state index is 6.60. The largest absolute Gasteiger partial charge is 0.373 e. The lowest BCUT2D eigenvalue weighted by molar-refractivity contribution is -0.166.